The Morgan fingerprint density at radius 1 is 1.30 bits per heavy atom. The zero-order valence-corrected chi connectivity index (χ0v) is 20.8. The molecule has 5 rings (SSSR count). The third-order valence-electron chi connectivity index (χ3n) is 6.50. The standard InChI is InChI=1S/C23H23ClN10O3/c1-32(23(35)36)17-10-33(11-18(17)37-2)16-6-12(7-25)5-15(19(16)24)29-22-30-20(28-13-3-4-13)21-27-9-14(8-26)34(21)31-22/h5-6,9,13,17-18H,3-4,10-11H2,1-2H3,(H,35,36)(H2,28,29,30,31)/t17-,18+/m0/s1. The van der Waals surface area contributed by atoms with E-state index in [-0.39, 0.29) is 23.8 Å². The molecule has 1 aliphatic heterocycles. The highest BCUT2D eigenvalue weighted by atomic mass is 35.5. The molecule has 0 spiro atoms. The summed E-state index contributed by atoms with van der Waals surface area (Å²) in [7, 11) is 3.03. The molecule has 1 aliphatic carbocycles. The zero-order chi connectivity index (χ0) is 26.3. The quantitative estimate of drug-likeness (QED) is 0.417. The molecule has 13 nitrogen and oxygen atoms in total. The second-order valence-corrected chi connectivity index (χ2v) is 9.30. The van der Waals surface area contributed by atoms with Crippen molar-refractivity contribution in [2.24, 2.45) is 0 Å². The summed E-state index contributed by atoms with van der Waals surface area (Å²) < 4.78 is 6.94. The van der Waals surface area contributed by atoms with Gasteiger partial charge in [0.05, 0.1) is 46.4 Å². The molecule has 3 N–H and O–H groups in total. The van der Waals surface area contributed by atoms with E-state index < -0.39 is 12.1 Å². The molecule has 2 atom stereocenters. The van der Waals surface area contributed by atoms with Crippen LogP contribution in [0.25, 0.3) is 5.65 Å². The number of methoxy groups -OCH3 is 1. The van der Waals surface area contributed by atoms with Crippen LogP contribution in [0.4, 0.5) is 27.9 Å². The summed E-state index contributed by atoms with van der Waals surface area (Å²) in [6.07, 6.45) is 2.01. The van der Waals surface area contributed by atoms with Gasteiger partial charge in [0.1, 0.15) is 6.07 Å². The van der Waals surface area contributed by atoms with Gasteiger partial charge in [-0.1, -0.05) is 11.6 Å². The van der Waals surface area contributed by atoms with Gasteiger partial charge in [-0.05, 0) is 25.0 Å². The van der Waals surface area contributed by atoms with Crippen LogP contribution in [-0.2, 0) is 4.74 Å². The molecule has 190 valence electrons. The average molecular weight is 523 g/mol. The number of hydrogen-bond donors (Lipinski definition) is 3. The minimum Gasteiger partial charge on any atom is -0.465 e. The highest BCUT2D eigenvalue weighted by molar-refractivity contribution is 6.36. The van der Waals surface area contributed by atoms with Crippen molar-refractivity contribution in [3.8, 4) is 12.1 Å². The van der Waals surface area contributed by atoms with Gasteiger partial charge in [-0.2, -0.15) is 20.0 Å². The molecule has 0 bridgehead atoms. The highest BCUT2D eigenvalue weighted by Gasteiger charge is 2.38. The molecule has 0 unspecified atom stereocenters. The lowest BCUT2D eigenvalue weighted by Gasteiger charge is -2.25. The Morgan fingerprint density at radius 3 is 2.73 bits per heavy atom. The van der Waals surface area contributed by atoms with E-state index in [9.17, 15) is 20.4 Å². The number of nitrogens with zero attached hydrogens (tertiary/aromatic N) is 8. The summed E-state index contributed by atoms with van der Waals surface area (Å²) in [5, 5.41) is 39.7. The minimum absolute atomic E-state index is 0.160. The largest absolute Gasteiger partial charge is 0.465 e. The van der Waals surface area contributed by atoms with Gasteiger partial charge < -0.3 is 30.3 Å². The van der Waals surface area contributed by atoms with Gasteiger partial charge in [0, 0.05) is 33.3 Å². The van der Waals surface area contributed by atoms with Crippen LogP contribution in [0.15, 0.2) is 18.3 Å². The van der Waals surface area contributed by atoms with E-state index in [1.165, 1.54) is 29.8 Å². The van der Waals surface area contributed by atoms with E-state index >= 15 is 0 Å². The van der Waals surface area contributed by atoms with Gasteiger partial charge in [0.2, 0.25) is 5.95 Å². The van der Waals surface area contributed by atoms with Crippen molar-refractivity contribution in [2.75, 3.05) is 42.8 Å². The fourth-order valence-corrected chi connectivity index (χ4v) is 4.62. The van der Waals surface area contributed by atoms with Crippen LogP contribution in [0.3, 0.4) is 0 Å². The lowest BCUT2D eigenvalue weighted by atomic mass is 10.1. The van der Waals surface area contributed by atoms with Crippen molar-refractivity contribution in [1.29, 1.82) is 10.5 Å². The van der Waals surface area contributed by atoms with E-state index in [4.69, 9.17) is 16.3 Å². The second-order valence-electron chi connectivity index (χ2n) is 8.93. The number of rotatable bonds is 7. The van der Waals surface area contributed by atoms with Gasteiger partial charge in [-0.15, -0.1) is 5.10 Å². The van der Waals surface area contributed by atoms with Gasteiger partial charge >= 0.3 is 6.09 Å². The summed E-state index contributed by atoms with van der Waals surface area (Å²) in [5.74, 6) is 0.643. The van der Waals surface area contributed by atoms with Crippen LogP contribution >= 0.6 is 11.6 Å². The number of nitrogens with one attached hydrogen (secondary N) is 2. The smallest absolute Gasteiger partial charge is 0.407 e. The Labute approximate surface area is 216 Å². The third kappa shape index (κ3) is 4.62. The number of benzene rings is 1. The van der Waals surface area contributed by atoms with Crippen LogP contribution in [0.5, 0.6) is 0 Å². The second kappa shape index (κ2) is 9.61. The summed E-state index contributed by atoms with van der Waals surface area (Å²) in [5.41, 5.74) is 1.94. The first-order chi connectivity index (χ1) is 17.8. The van der Waals surface area contributed by atoms with Crippen LogP contribution in [0.1, 0.15) is 24.1 Å². The molecule has 1 saturated carbocycles. The fourth-order valence-electron chi connectivity index (χ4n) is 4.34. The van der Waals surface area contributed by atoms with E-state index in [2.05, 4.69) is 37.8 Å². The Balaban J connectivity index is 1.51. The molecule has 2 fully saturated rings. The van der Waals surface area contributed by atoms with E-state index in [1.807, 2.05) is 4.90 Å². The van der Waals surface area contributed by atoms with Gasteiger partial charge in [-0.25, -0.2) is 9.78 Å². The molecule has 1 aromatic carbocycles. The summed E-state index contributed by atoms with van der Waals surface area (Å²) in [6, 6.07) is 7.30. The van der Waals surface area contributed by atoms with Crippen molar-refractivity contribution in [3.63, 3.8) is 0 Å². The number of likely N-dealkylation sites (N-methyl/N-ethyl adjacent to an activating group) is 1. The number of hydrogen-bond acceptors (Lipinski definition) is 10. The lowest BCUT2D eigenvalue weighted by molar-refractivity contribution is 0.0536. The molecule has 2 aromatic heterocycles. The molecule has 14 heteroatoms. The maximum Gasteiger partial charge on any atom is 0.407 e. The molecule has 3 heterocycles. The van der Waals surface area contributed by atoms with Crippen LogP contribution in [0, 0.1) is 22.7 Å². The normalized spacial score (nSPS) is 18.9. The monoisotopic (exact) mass is 522 g/mol. The molecule has 1 saturated heterocycles. The van der Waals surface area contributed by atoms with Crippen molar-refractivity contribution < 1.29 is 14.6 Å². The van der Waals surface area contributed by atoms with Crippen molar-refractivity contribution >= 4 is 46.5 Å². The van der Waals surface area contributed by atoms with Crippen molar-refractivity contribution in [1.82, 2.24) is 24.5 Å². The minimum atomic E-state index is -1.06. The van der Waals surface area contributed by atoms with E-state index in [0.29, 0.717) is 46.5 Å². The van der Waals surface area contributed by atoms with Gasteiger partial charge in [0.15, 0.2) is 17.2 Å². The average Bonchev–Trinajstić information content (AvgIpc) is 3.44. The number of halogens is 1. The molecular formula is C23H23ClN10O3. The summed E-state index contributed by atoms with van der Waals surface area (Å²) in [4.78, 5) is 23.5. The number of anilines is 4. The maximum atomic E-state index is 11.6. The molecule has 2 aliphatic rings. The Bertz CT molecular complexity index is 1460. The van der Waals surface area contributed by atoms with Crippen molar-refractivity contribution in [3.05, 3.63) is 34.6 Å². The van der Waals surface area contributed by atoms with Crippen molar-refractivity contribution in [2.45, 2.75) is 31.0 Å². The topological polar surface area (TPSA) is 168 Å². The first-order valence-corrected chi connectivity index (χ1v) is 11.9. The number of fused-ring (bicyclic) bond motifs is 1. The van der Waals surface area contributed by atoms with Gasteiger partial charge in [-0.3, -0.25) is 0 Å². The number of imidazole rings is 1. The lowest BCUT2D eigenvalue weighted by Crippen LogP contribution is -2.44. The predicted octanol–water partition coefficient (Wildman–Crippen LogP) is 2.65. The molecule has 37 heavy (non-hydrogen) atoms. The zero-order valence-electron chi connectivity index (χ0n) is 20.0. The van der Waals surface area contributed by atoms with Crippen LogP contribution in [-0.4, -0.2) is 81.1 Å². The molecule has 3 aromatic rings. The fraction of sp³-hybridized carbons (Fsp3) is 0.391. The molecular weight excluding hydrogens is 500 g/mol. The Kier molecular flexibility index (Phi) is 6.33. The number of nitriles is 2. The third-order valence-corrected chi connectivity index (χ3v) is 6.90. The summed E-state index contributed by atoms with van der Waals surface area (Å²) in [6.45, 7) is 0.707. The maximum absolute atomic E-state index is 11.6. The Hall–Kier alpha value is -4.33. The van der Waals surface area contributed by atoms with Crippen LogP contribution < -0.4 is 15.5 Å². The number of amides is 1. The van der Waals surface area contributed by atoms with Crippen LogP contribution in [0.2, 0.25) is 5.02 Å². The first kappa shape index (κ1) is 24.4. The van der Waals surface area contributed by atoms with E-state index in [1.54, 1.807) is 12.1 Å². The molecule has 0 radical (unpaired) electrons. The number of ether oxygens (including phenoxy) is 1. The predicted molar refractivity (Wildman–Crippen MR) is 134 cm³/mol. The highest BCUT2D eigenvalue weighted by Crippen LogP contribution is 2.38. The molecule has 1 amide bonds. The van der Waals surface area contributed by atoms with E-state index in [0.717, 1.165) is 12.8 Å². The van der Waals surface area contributed by atoms with Gasteiger partial charge in [0.25, 0.3) is 0 Å². The Morgan fingerprint density at radius 2 is 2.08 bits per heavy atom. The SMILES string of the molecule is CO[C@@H]1CN(c2cc(C#N)cc(Nc3nc(NC4CC4)c4ncc(C#N)n4n3)c2Cl)C[C@@H]1N(C)C(=O)O. The number of carboxylic acid groups (broad SMARTS) is 1. The first-order valence-electron chi connectivity index (χ1n) is 11.5. The summed E-state index contributed by atoms with van der Waals surface area (Å²) >= 11 is 6.81. The number of aromatic nitrogens is 4. The number of carbonyl (C=O) groups is 1.